The predicted molar refractivity (Wildman–Crippen MR) is 97.2 cm³/mol. The average Bonchev–Trinajstić information content (AvgIpc) is 2.91. The van der Waals surface area contributed by atoms with E-state index in [0.29, 0.717) is 22.9 Å². The largest absolute Gasteiger partial charge is 0.416 e. The Morgan fingerprint density at radius 3 is 2.64 bits per heavy atom. The van der Waals surface area contributed by atoms with Crippen molar-refractivity contribution in [3.05, 3.63) is 46.5 Å². The maximum absolute atomic E-state index is 12.8. The molecular formula is C17H19F3N2OS2. The normalized spacial score (nSPS) is 12.2. The fourth-order valence-corrected chi connectivity index (χ4v) is 3.44. The number of thioether (sulfide) groups is 1. The third-order valence-corrected chi connectivity index (χ3v) is 5.25. The topological polar surface area (TPSA) is 42.0 Å². The summed E-state index contributed by atoms with van der Waals surface area (Å²) in [5.41, 5.74) is -0.109. The number of aromatic nitrogens is 1. The van der Waals surface area contributed by atoms with Crippen molar-refractivity contribution in [2.45, 2.75) is 38.1 Å². The van der Waals surface area contributed by atoms with E-state index in [1.165, 1.54) is 29.2 Å². The van der Waals surface area contributed by atoms with Crippen molar-refractivity contribution >= 4 is 34.1 Å². The summed E-state index contributed by atoms with van der Waals surface area (Å²) in [7, 11) is 0. The number of thiazole rings is 1. The fraction of sp³-hybridized carbons (Fsp3) is 0.412. The second-order valence-corrected chi connectivity index (χ2v) is 9.37. The van der Waals surface area contributed by atoms with Crippen molar-refractivity contribution in [2.75, 3.05) is 11.1 Å². The summed E-state index contributed by atoms with van der Waals surface area (Å²) in [5.74, 6) is 0.186. The molecule has 0 bridgehead atoms. The molecule has 0 aliphatic rings. The third kappa shape index (κ3) is 6.70. The second-order valence-electron chi connectivity index (χ2n) is 6.46. The average molecular weight is 388 g/mol. The number of nitrogens with one attached hydrogen (secondary N) is 1. The number of carbonyl (C=O) groups is 1. The molecule has 0 saturated carbocycles. The molecule has 3 nitrogen and oxygen atoms in total. The predicted octanol–water partition coefficient (Wildman–Crippen LogP) is 5.22. The highest BCUT2D eigenvalue weighted by Gasteiger charge is 2.30. The van der Waals surface area contributed by atoms with E-state index in [2.05, 4.69) is 10.3 Å². The number of carbonyl (C=O) groups excluding carboxylic acids is 1. The van der Waals surface area contributed by atoms with E-state index in [1.54, 1.807) is 12.3 Å². The second kappa shape index (κ2) is 7.78. The van der Waals surface area contributed by atoms with Crippen LogP contribution in [0, 0.1) is 0 Å². The summed E-state index contributed by atoms with van der Waals surface area (Å²) in [6.07, 6.45) is -2.43. The Labute approximate surface area is 153 Å². The summed E-state index contributed by atoms with van der Waals surface area (Å²) in [6.45, 7) is 6.09. The van der Waals surface area contributed by atoms with E-state index < -0.39 is 11.7 Å². The lowest BCUT2D eigenvalue weighted by atomic mass is 10.1. The minimum Gasteiger partial charge on any atom is -0.301 e. The molecule has 1 aromatic carbocycles. The minimum absolute atomic E-state index is 0.00508. The monoisotopic (exact) mass is 388 g/mol. The molecule has 0 fully saturated rings. The summed E-state index contributed by atoms with van der Waals surface area (Å²) in [4.78, 5) is 16.8. The Morgan fingerprint density at radius 2 is 2.00 bits per heavy atom. The van der Waals surface area contributed by atoms with Gasteiger partial charge in [-0.05, 0) is 11.6 Å². The molecule has 0 saturated heterocycles. The molecule has 2 aromatic rings. The van der Waals surface area contributed by atoms with Crippen LogP contribution in [0.3, 0.4) is 0 Å². The number of hydrogen-bond acceptors (Lipinski definition) is 4. The zero-order valence-corrected chi connectivity index (χ0v) is 15.7. The molecule has 0 spiro atoms. The number of anilines is 1. The number of halogens is 3. The van der Waals surface area contributed by atoms with Crippen LogP contribution in [0.2, 0.25) is 0 Å². The number of hydrogen-bond donors (Lipinski definition) is 1. The van der Waals surface area contributed by atoms with Gasteiger partial charge in [-0.25, -0.2) is 4.98 Å². The van der Waals surface area contributed by atoms with Gasteiger partial charge in [0.15, 0.2) is 5.13 Å². The zero-order chi connectivity index (χ0) is 18.7. The van der Waals surface area contributed by atoms with E-state index >= 15 is 0 Å². The first kappa shape index (κ1) is 19.8. The molecular weight excluding hydrogens is 369 g/mol. The molecule has 1 N–H and O–H groups in total. The third-order valence-electron chi connectivity index (χ3n) is 3.07. The molecule has 0 atom stereocenters. The zero-order valence-electron chi connectivity index (χ0n) is 14.1. The van der Waals surface area contributed by atoms with Gasteiger partial charge in [-0.2, -0.15) is 13.2 Å². The van der Waals surface area contributed by atoms with Gasteiger partial charge >= 0.3 is 6.18 Å². The van der Waals surface area contributed by atoms with Crippen LogP contribution >= 0.6 is 23.1 Å². The Bertz CT molecular complexity index is 736. The fourth-order valence-electron chi connectivity index (χ4n) is 1.94. The Kier molecular flexibility index (Phi) is 6.16. The summed E-state index contributed by atoms with van der Waals surface area (Å²) >= 11 is 2.80. The molecule has 1 amide bonds. The summed E-state index contributed by atoms with van der Waals surface area (Å²) in [5, 5.41) is 3.18. The first-order valence-electron chi connectivity index (χ1n) is 7.57. The van der Waals surface area contributed by atoms with Gasteiger partial charge in [-0.3, -0.25) is 4.79 Å². The number of alkyl halides is 3. The van der Waals surface area contributed by atoms with Crippen LogP contribution in [0.1, 0.15) is 36.8 Å². The highest BCUT2D eigenvalue weighted by atomic mass is 32.2. The SMILES string of the molecule is CC(C)(C)SCC(=O)Nc1ncc(Cc2cccc(C(F)(F)F)c2)s1. The highest BCUT2D eigenvalue weighted by molar-refractivity contribution is 8.01. The van der Waals surface area contributed by atoms with E-state index in [4.69, 9.17) is 0 Å². The smallest absolute Gasteiger partial charge is 0.301 e. The number of nitrogens with zero attached hydrogens (tertiary/aromatic N) is 1. The molecule has 0 radical (unpaired) electrons. The van der Waals surface area contributed by atoms with Crippen LogP contribution in [0.5, 0.6) is 0 Å². The maximum Gasteiger partial charge on any atom is 0.416 e. The van der Waals surface area contributed by atoms with Gasteiger partial charge in [0.2, 0.25) is 5.91 Å². The quantitative estimate of drug-likeness (QED) is 0.763. The van der Waals surface area contributed by atoms with Crippen LogP contribution in [0.15, 0.2) is 30.5 Å². The van der Waals surface area contributed by atoms with Gasteiger partial charge in [-0.15, -0.1) is 23.1 Å². The van der Waals surface area contributed by atoms with Crippen molar-refractivity contribution < 1.29 is 18.0 Å². The van der Waals surface area contributed by atoms with Crippen molar-refractivity contribution in [1.82, 2.24) is 4.98 Å². The molecule has 2 rings (SSSR count). The van der Waals surface area contributed by atoms with Crippen LogP contribution < -0.4 is 5.32 Å². The Morgan fingerprint density at radius 1 is 1.28 bits per heavy atom. The van der Waals surface area contributed by atoms with E-state index in [-0.39, 0.29) is 10.7 Å². The summed E-state index contributed by atoms with van der Waals surface area (Å²) in [6, 6.07) is 5.23. The van der Waals surface area contributed by atoms with Gasteiger partial charge in [-0.1, -0.05) is 39.0 Å². The number of rotatable bonds is 5. The molecule has 0 aliphatic heterocycles. The van der Waals surface area contributed by atoms with Crippen molar-refractivity contribution in [3.63, 3.8) is 0 Å². The van der Waals surface area contributed by atoms with Gasteiger partial charge < -0.3 is 5.32 Å². The van der Waals surface area contributed by atoms with Gasteiger partial charge in [0.25, 0.3) is 0 Å². The van der Waals surface area contributed by atoms with Crippen LogP contribution in [0.25, 0.3) is 0 Å². The minimum atomic E-state index is -4.35. The molecule has 0 unspecified atom stereocenters. The number of amides is 1. The highest BCUT2D eigenvalue weighted by Crippen LogP contribution is 2.30. The van der Waals surface area contributed by atoms with E-state index in [1.807, 2.05) is 20.8 Å². The van der Waals surface area contributed by atoms with Gasteiger partial charge in [0.05, 0.1) is 11.3 Å². The van der Waals surface area contributed by atoms with E-state index in [0.717, 1.165) is 17.0 Å². The van der Waals surface area contributed by atoms with Crippen LogP contribution in [-0.2, 0) is 17.4 Å². The molecule has 25 heavy (non-hydrogen) atoms. The Hall–Kier alpha value is -1.54. The number of benzene rings is 1. The Balaban J connectivity index is 1.97. The summed E-state index contributed by atoms with van der Waals surface area (Å²) < 4.78 is 38.2. The van der Waals surface area contributed by atoms with Crippen LogP contribution in [0.4, 0.5) is 18.3 Å². The van der Waals surface area contributed by atoms with Crippen LogP contribution in [-0.4, -0.2) is 21.4 Å². The molecule has 1 heterocycles. The maximum atomic E-state index is 12.8. The molecule has 136 valence electrons. The molecule has 8 heteroatoms. The first-order valence-corrected chi connectivity index (χ1v) is 9.38. The molecule has 1 aromatic heterocycles. The van der Waals surface area contributed by atoms with Crippen molar-refractivity contribution in [1.29, 1.82) is 0 Å². The lowest BCUT2D eigenvalue weighted by molar-refractivity contribution is -0.137. The first-order chi connectivity index (χ1) is 11.5. The standard InChI is InChI=1S/C17H19F3N2OS2/c1-16(2,3)24-10-14(23)22-15-21-9-13(25-15)8-11-5-4-6-12(7-11)17(18,19)20/h4-7,9H,8,10H2,1-3H3,(H,21,22,23). The van der Waals surface area contributed by atoms with Gasteiger partial charge in [0.1, 0.15) is 0 Å². The van der Waals surface area contributed by atoms with Crippen molar-refractivity contribution in [3.8, 4) is 0 Å². The van der Waals surface area contributed by atoms with Gasteiger partial charge in [0, 0.05) is 22.2 Å². The lowest BCUT2D eigenvalue weighted by Crippen LogP contribution is -2.18. The van der Waals surface area contributed by atoms with E-state index in [9.17, 15) is 18.0 Å². The lowest BCUT2D eigenvalue weighted by Gasteiger charge is -2.16. The van der Waals surface area contributed by atoms with Crippen molar-refractivity contribution in [2.24, 2.45) is 0 Å². The molecule has 0 aliphatic carbocycles.